The Bertz CT molecular complexity index is 500. The van der Waals surface area contributed by atoms with Crippen molar-refractivity contribution < 1.29 is 9.90 Å². The van der Waals surface area contributed by atoms with E-state index < -0.39 is 0 Å². The summed E-state index contributed by atoms with van der Waals surface area (Å²) in [6, 6.07) is 5.51. The van der Waals surface area contributed by atoms with Crippen molar-refractivity contribution in [2.24, 2.45) is 5.92 Å². The Labute approximate surface area is 126 Å². The zero-order valence-corrected chi connectivity index (χ0v) is 13.1. The number of aryl methyl sites for hydroxylation is 1. The topological polar surface area (TPSA) is 61.4 Å². The highest BCUT2D eigenvalue weighted by atomic mass is 16.3. The highest BCUT2D eigenvalue weighted by Gasteiger charge is 2.24. The van der Waals surface area contributed by atoms with Crippen molar-refractivity contribution in [3.05, 3.63) is 29.3 Å². The van der Waals surface area contributed by atoms with Crippen LogP contribution in [-0.2, 0) is 11.2 Å². The summed E-state index contributed by atoms with van der Waals surface area (Å²) in [5.74, 6) is 0.825. The minimum atomic E-state index is -0.214. The average Bonchev–Trinajstić information content (AvgIpc) is 2.44. The minimum Gasteiger partial charge on any atom is -0.508 e. The zero-order chi connectivity index (χ0) is 15.4. The number of rotatable bonds is 5. The van der Waals surface area contributed by atoms with E-state index in [0.717, 1.165) is 19.3 Å². The summed E-state index contributed by atoms with van der Waals surface area (Å²) < 4.78 is 0. The van der Waals surface area contributed by atoms with Gasteiger partial charge in [0.1, 0.15) is 5.75 Å². The summed E-state index contributed by atoms with van der Waals surface area (Å²) in [7, 11) is 0. The molecule has 3 N–H and O–H groups in total. The van der Waals surface area contributed by atoms with Gasteiger partial charge < -0.3 is 10.4 Å². The first-order valence-corrected chi connectivity index (χ1v) is 7.83. The Morgan fingerprint density at radius 1 is 1.38 bits per heavy atom. The Hall–Kier alpha value is -1.55. The molecule has 0 spiro atoms. The van der Waals surface area contributed by atoms with Crippen LogP contribution in [0.4, 0.5) is 0 Å². The molecule has 0 bridgehead atoms. The number of amides is 1. The van der Waals surface area contributed by atoms with E-state index in [1.165, 1.54) is 11.1 Å². The third kappa shape index (κ3) is 4.21. The molecule has 2 atom stereocenters. The van der Waals surface area contributed by atoms with E-state index in [9.17, 15) is 9.90 Å². The normalized spacial score (nSPS) is 19.1. The summed E-state index contributed by atoms with van der Waals surface area (Å²) in [6.07, 6.45) is 3.10. The van der Waals surface area contributed by atoms with Crippen molar-refractivity contribution in [1.82, 2.24) is 10.6 Å². The number of benzene rings is 1. The molecule has 0 fully saturated rings. The van der Waals surface area contributed by atoms with Crippen LogP contribution in [0.5, 0.6) is 5.75 Å². The van der Waals surface area contributed by atoms with Crippen LogP contribution < -0.4 is 10.6 Å². The zero-order valence-electron chi connectivity index (χ0n) is 13.1. The van der Waals surface area contributed by atoms with Crippen LogP contribution in [0, 0.1) is 5.92 Å². The molecular weight excluding hydrogens is 264 g/mol. The van der Waals surface area contributed by atoms with Gasteiger partial charge in [-0.2, -0.15) is 0 Å². The smallest absolute Gasteiger partial charge is 0.236 e. The predicted octanol–water partition coefficient (Wildman–Crippen LogP) is 2.52. The van der Waals surface area contributed by atoms with Gasteiger partial charge in [0, 0.05) is 12.6 Å². The molecule has 1 aromatic rings. The molecule has 1 aliphatic rings. The summed E-state index contributed by atoms with van der Waals surface area (Å²) in [6.45, 7) is 6.79. The predicted molar refractivity (Wildman–Crippen MR) is 84.2 cm³/mol. The number of nitrogens with one attached hydrogen (secondary N) is 2. The molecule has 0 saturated carbocycles. The van der Waals surface area contributed by atoms with E-state index in [1.54, 1.807) is 6.07 Å². The summed E-state index contributed by atoms with van der Waals surface area (Å²) in [5, 5.41) is 16.0. The molecular formula is C17H26N2O2. The molecule has 1 aromatic carbocycles. The maximum Gasteiger partial charge on any atom is 0.236 e. The van der Waals surface area contributed by atoms with Gasteiger partial charge in [-0.05, 0) is 55.4 Å². The van der Waals surface area contributed by atoms with Crippen molar-refractivity contribution in [2.75, 3.05) is 6.54 Å². The minimum absolute atomic E-state index is 0.0506. The number of fused-ring (bicyclic) bond motifs is 1. The third-order valence-corrected chi connectivity index (χ3v) is 3.97. The highest BCUT2D eigenvalue weighted by Crippen LogP contribution is 2.32. The monoisotopic (exact) mass is 290 g/mol. The highest BCUT2D eigenvalue weighted by molar-refractivity contribution is 5.81. The first-order chi connectivity index (χ1) is 9.97. The van der Waals surface area contributed by atoms with Gasteiger partial charge in [-0.15, -0.1) is 0 Å². The van der Waals surface area contributed by atoms with Gasteiger partial charge in [-0.3, -0.25) is 10.1 Å². The summed E-state index contributed by atoms with van der Waals surface area (Å²) in [4.78, 5) is 12.1. The second-order valence-electron chi connectivity index (χ2n) is 6.36. The maximum absolute atomic E-state index is 12.1. The second-order valence-corrected chi connectivity index (χ2v) is 6.36. The first kappa shape index (κ1) is 15.8. The Kier molecular flexibility index (Phi) is 5.23. The van der Waals surface area contributed by atoms with Crippen molar-refractivity contribution in [3.8, 4) is 5.75 Å². The second kappa shape index (κ2) is 6.94. The van der Waals surface area contributed by atoms with E-state index in [-0.39, 0.29) is 18.0 Å². The lowest BCUT2D eigenvalue weighted by molar-refractivity contribution is -0.123. The molecule has 1 aliphatic carbocycles. The van der Waals surface area contributed by atoms with Crippen LogP contribution in [-0.4, -0.2) is 23.6 Å². The molecule has 0 saturated heterocycles. The van der Waals surface area contributed by atoms with E-state index in [1.807, 2.05) is 19.1 Å². The van der Waals surface area contributed by atoms with Crippen molar-refractivity contribution in [3.63, 3.8) is 0 Å². The van der Waals surface area contributed by atoms with E-state index in [2.05, 4.69) is 24.5 Å². The molecule has 2 rings (SSSR count). The molecule has 0 aliphatic heterocycles. The van der Waals surface area contributed by atoms with Gasteiger partial charge in [0.05, 0.1) is 6.04 Å². The third-order valence-electron chi connectivity index (χ3n) is 3.97. The van der Waals surface area contributed by atoms with Gasteiger partial charge in [0.2, 0.25) is 5.91 Å². The number of phenolic OH excluding ortho intramolecular Hbond substituents is 1. The number of hydrogen-bond acceptors (Lipinski definition) is 3. The molecule has 1 amide bonds. The molecule has 21 heavy (non-hydrogen) atoms. The van der Waals surface area contributed by atoms with Gasteiger partial charge in [0.15, 0.2) is 0 Å². The number of phenols is 1. The van der Waals surface area contributed by atoms with Crippen LogP contribution in [0.15, 0.2) is 18.2 Å². The summed E-state index contributed by atoms with van der Waals surface area (Å²) >= 11 is 0. The fraction of sp³-hybridized carbons (Fsp3) is 0.588. The number of carbonyl (C=O) groups excluding carboxylic acids is 1. The molecule has 0 aromatic heterocycles. The Balaban J connectivity index is 1.99. The van der Waals surface area contributed by atoms with Crippen LogP contribution in [0.2, 0.25) is 0 Å². The Morgan fingerprint density at radius 3 is 2.86 bits per heavy atom. The van der Waals surface area contributed by atoms with E-state index >= 15 is 0 Å². The molecule has 2 unspecified atom stereocenters. The summed E-state index contributed by atoms with van der Waals surface area (Å²) in [5.41, 5.74) is 2.40. The van der Waals surface area contributed by atoms with E-state index in [0.29, 0.717) is 18.2 Å². The number of carbonyl (C=O) groups is 1. The lowest BCUT2D eigenvalue weighted by atomic mass is 9.87. The van der Waals surface area contributed by atoms with E-state index in [4.69, 9.17) is 0 Å². The fourth-order valence-corrected chi connectivity index (χ4v) is 2.81. The quantitative estimate of drug-likeness (QED) is 0.781. The van der Waals surface area contributed by atoms with Crippen LogP contribution >= 0.6 is 0 Å². The van der Waals surface area contributed by atoms with Gasteiger partial charge in [-0.1, -0.05) is 19.9 Å². The van der Waals surface area contributed by atoms with Gasteiger partial charge in [-0.25, -0.2) is 0 Å². The largest absolute Gasteiger partial charge is 0.508 e. The lowest BCUT2D eigenvalue weighted by Gasteiger charge is -2.29. The molecule has 4 nitrogen and oxygen atoms in total. The first-order valence-electron chi connectivity index (χ1n) is 7.83. The van der Waals surface area contributed by atoms with Crippen molar-refractivity contribution in [1.29, 1.82) is 0 Å². The number of aromatic hydroxyl groups is 1. The average molecular weight is 290 g/mol. The Morgan fingerprint density at radius 2 is 2.14 bits per heavy atom. The molecule has 0 radical (unpaired) electrons. The number of hydrogen-bond donors (Lipinski definition) is 3. The lowest BCUT2D eigenvalue weighted by Crippen LogP contribution is -2.45. The maximum atomic E-state index is 12.1. The van der Waals surface area contributed by atoms with Crippen molar-refractivity contribution in [2.45, 2.75) is 52.1 Å². The van der Waals surface area contributed by atoms with Gasteiger partial charge in [0.25, 0.3) is 0 Å². The van der Waals surface area contributed by atoms with Crippen LogP contribution in [0.3, 0.4) is 0 Å². The van der Waals surface area contributed by atoms with Crippen LogP contribution in [0.1, 0.15) is 50.8 Å². The molecule has 4 heteroatoms. The molecule has 116 valence electrons. The molecule has 0 heterocycles. The van der Waals surface area contributed by atoms with Gasteiger partial charge >= 0.3 is 0 Å². The van der Waals surface area contributed by atoms with Crippen molar-refractivity contribution >= 4 is 5.91 Å². The fourth-order valence-electron chi connectivity index (χ4n) is 2.81. The SMILES string of the molecule is CC(C)CNC(=O)C(C)NC1CCCc2cc(O)ccc21. The van der Waals surface area contributed by atoms with Crippen LogP contribution in [0.25, 0.3) is 0 Å². The standard InChI is InChI=1S/C17H26N2O2/c1-11(2)10-18-17(21)12(3)19-16-6-4-5-13-9-14(20)7-8-15(13)16/h7-9,11-12,16,19-20H,4-6,10H2,1-3H3,(H,18,21).